The van der Waals surface area contributed by atoms with Crippen LogP contribution in [-0.4, -0.2) is 0 Å². The smallest absolute Gasteiger partial charge is 0.143 e. The maximum atomic E-state index is 6.43. The van der Waals surface area contributed by atoms with Crippen LogP contribution in [0.1, 0.15) is 0 Å². The molecule has 0 aliphatic carbocycles. The van der Waals surface area contributed by atoms with E-state index in [1.165, 1.54) is 49.4 Å². The summed E-state index contributed by atoms with van der Waals surface area (Å²) in [6, 6.07) is 80.7. The van der Waals surface area contributed by atoms with E-state index in [9.17, 15) is 0 Å². The molecule has 0 aliphatic heterocycles. The summed E-state index contributed by atoms with van der Waals surface area (Å²) >= 11 is 0. The number of benzene rings is 10. The molecule has 0 N–H and O–H groups in total. The first-order valence-electron chi connectivity index (χ1n) is 19.8. The van der Waals surface area contributed by atoms with Crippen molar-refractivity contribution in [3.8, 4) is 44.5 Å². The van der Waals surface area contributed by atoms with Gasteiger partial charge in [0.2, 0.25) is 0 Å². The van der Waals surface area contributed by atoms with E-state index in [2.05, 4.69) is 217 Å². The third-order valence-corrected chi connectivity index (χ3v) is 11.4. The van der Waals surface area contributed by atoms with E-state index in [-0.39, 0.29) is 0 Å². The summed E-state index contributed by atoms with van der Waals surface area (Å²) < 4.78 is 6.43. The Balaban J connectivity index is 1.02. The summed E-state index contributed by atoms with van der Waals surface area (Å²) in [5.74, 6) is 0. The topological polar surface area (TPSA) is 16.4 Å². The van der Waals surface area contributed by atoms with E-state index in [0.29, 0.717) is 0 Å². The molecule has 0 bridgehead atoms. The van der Waals surface area contributed by atoms with Crippen molar-refractivity contribution < 1.29 is 4.42 Å². The van der Waals surface area contributed by atoms with Crippen LogP contribution >= 0.6 is 0 Å². The largest absolute Gasteiger partial charge is 0.455 e. The Hall–Kier alpha value is -7.68. The van der Waals surface area contributed by atoms with Gasteiger partial charge < -0.3 is 9.32 Å². The number of nitrogens with zero attached hydrogens (tertiary/aromatic N) is 1. The summed E-state index contributed by atoms with van der Waals surface area (Å²) in [5, 5.41) is 7.23. The van der Waals surface area contributed by atoms with Crippen molar-refractivity contribution in [1.82, 2.24) is 0 Å². The van der Waals surface area contributed by atoms with Gasteiger partial charge in [0, 0.05) is 33.4 Å². The van der Waals surface area contributed by atoms with Crippen molar-refractivity contribution in [2.24, 2.45) is 0 Å². The van der Waals surface area contributed by atoms with Crippen molar-refractivity contribution in [2.75, 3.05) is 4.90 Å². The van der Waals surface area contributed by atoms with Crippen LogP contribution in [0.25, 0.3) is 88.0 Å². The minimum Gasteiger partial charge on any atom is -0.455 e. The zero-order chi connectivity index (χ0) is 38.4. The molecule has 0 aliphatic rings. The molecule has 0 saturated heterocycles. The van der Waals surface area contributed by atoms with Crippen LogP contribution in [0.4, 0.5) is 17.1 Å². The van der Waals surface area contributed by atoms with Gasteiger partial charge in [-0.3, -0.25) is 0 Å². The lowest BCUT2D eigenvalue weighted by molar-refractivity contribution is 0.670. The van der Waals surface area contributed by atoms with Gasteiger partial charge in [0.15, 0.2) is 0 Å². The first-order valence-corrected chi connectivity index (χ1v) is 19.8. The Kier molecular flexibility index (Phi) is 8.19. The highest BCUT2D eigenvalue weighted by atomic mass is 16.3. The van der Waals surface area contributed by atoms with Gasteiger partial charge in [-0.1, -0.05) is 164 Å². The molecule has 10 aromatic carbocycles. The van der Waals surface area contributed by atoms with E-state index >= 15 is 0 Å². The van der Waals surface area contributed by atoms with Crippen molar-refractivity contribution >= 4 is 60.5 Å². The Labute approximate surface area is 337 Å². The van der Waals surface area contributed by atoms with Crippen LogP contribution in [0.5, 0.6) is 0 Å². The Morgan fingerprint density at radius 2 is 0.776 bits per heavy atom. The fourth-order valence-electron chi connectivity index (χ4n) is 8.54. The molecule has 0 fully saturated rings. The van der Waals surface area contributed by atoms with Crippen LogP contribution in [-0.2, 0) is 0 Å². The van der Waals surface area contributed by atoms with E-state index in [4.69, 9.17) is 4.42 Å². The monoisotopic (exact) mass is 739 g/mol. The highest BCUT2D eigenvalue weighted by molar-refractivity contribution is 6.10. The number of furan rings is 1. The molecule has 1 heterocycles. The molecule has 0 unspecified atom stereocenters. The predicted octanol–water partition coefficient (Wildman–Crippen LogP) is 16.0. The second-order valence-electron chi connectivity index (χ2n) is 14.9. The number of anilines is 3. The van der Waals surface area contributed by atoms with Gasteiger partial charge in [0.1, 0.15) is 11.2 Å². The quantitative estimate of drug-likeness (QED) is 0.151. The Morgan fingerprint density at radius 3 is 1.45 bits per heavy atom. The van der Waals surface area contributed by atoms with Crippen LogP contribution in [0.3, 0.4) is 0 Å². The second-order valence-corrected chi connectivity index (χ2v) is 14.9. The first-order chi connectivity index (χ1) is 28.7. The molecule has 1 aromatic heterocycles. The molecule has 0 saturated carbocycles. The number of hydrogen-bond donors (Lipinski definition) is 0. The van der Waals surface area contributed by atoms with Crippen molar-refractivity contribution in [3.63, 3.8) is 0 Å². The van der Waals surface area contributed by atoms with Crippen LogP contribution < -0.4 is 4.90 Å². The van der Waals surface area contributed by atoms with Crippen LogP contribution in [0, 0.1) is 0 Å². The van der Waals surface area contributed by atoms with Crippen LogP contribution in [0.2, 0.25) is 0 Å². The van der Waals surface area contributed by atoms with Crippen LogP contribution in [0.15, 0.2) is 229 Å². The molecule has 11 aromatic rings. The van der Waals surface area contributed by atoms with E-state index < -0.39 is 0 Å². The van der Waals surface area contributed by atoms with E-state index in [1.807, 2.05) is 12.1 Å². The summed E-state index contributed by atoms with van der Waals surface area (Å²) in [6.07, 6.45) is 0. The molecule has 272 valence electrons. The molecular formula is C56H37NO. The lowest BCUT2D eigenvalue weighted by Crippen LogP contribution is -2.09. The standard InChI is InChI=1S/C56H37NO/c1-3-12-38(13-4-1)44-34-45(39-14-5-2-6-15-39)36-46(35-44)40-24-28-47(29-25-40)57(49-32-33-51-43(37-49)23-22-41-16-7-8-17-50(41)51)48-30-26-42(27-31-48)52-19-11-20-54-53-18-9-10-21-55(53)58-56(52)54/h1-37H. The molecule has 0 spiro atoms. The Morgan fingerprint density at radius 1 is 0.276 bits per heavy atom. The molecule has 0 atom stereocenters. The zero-order valence-electron chi connectivity index (χ0n) is 31.7. The van der Waals surface area contributed by atoms with Gasteiger partial charge in [-0.15, -0.1) is 0 Å². The first kappa shape index (κ1) is 33.6. The second kappa shape index (κ2) is 14.1. The molecule has 0 radical (unpaired) electrons. The normalized spacial score (nSPS) is 11.4. The fraction of sp³-hybridized carbons (Fsp3) is 0. The average Bonchev–Trinajstić information content (AvgIpc) is 3.69. The zero-order valence-corrected chi connectivity index (χ0v) is 31.7. The summed E-state index contributed by atoms with van der Waals surface area (Å²) in [4.78, 5) is 2.36. The van der Waals surface area contributed by atoms with Gasteiger partial charge in [0.25, 0.3) is 0 Å². The lowest BCUT2D eigenvalue weighted by atomic mass is 9.93. The number of hydrogen-bond acceptors (Lipinski definition) is 2. The van der Waals surface area contributed by atoms with E-state index in [0.717, 1.165) is 55.7 Å². The minimum absolute atomic E-state index is 0.906. The van der Waals surface area contributed by atoms with Crippen molar-refractivity contribution in [1.29, 1.82) is 0 Å². The maximum absolute atomic E-state index is 6.43. The van der Waals surface area contributed by atoms with Gasteiger partial charge in [0.05, 0.1) is 0 Å². The Bertz CT molecular complexity index is 3200. The number of rotatable bonds is 7. The summed E-state index contributed by atoms with van der Waals surface area (Å²) in [5.41, 5.74) is 14.4. The number of para-hydroxylation sites is 2. The average molecular weight is 740 g/mol. The molecular weight excluding hydrogens is 703 g/mol. The molecule has 2 nitrogen and oxygen atoms in total. The van der Waals surface area contributed by atoms with Crippen molar-refractivity contribution in [2.45, 2.75) is 0 Å². The third-order valence-electron chi connectivity index (χ3n) is 11.4. The fourth-order valence-corrected chi connectivity index (χ4v) is 8.54. The van der Waals surface area contributed by atoms with Gasteiger partial charge >= 0.3 is 0 Å². The third kappa shape index (κ3) is 6.00. The molecule has 2 heteroatoms. The number of fused-ring (bicyclic) bond motifs is 6. The van der Waals surface area contributed by atoms with E-state index in [1.54, 1.807) is 0 Å². The van der Waals surface area contributed by atoms with Gasteiger partial charge in [-0.25, -0.2) is 0 Å². The highest BCUT2D eigenvalue weighted by Crippen LogP contribution is 2.41. The van der Waals surface area contributed by atoms with Gasteiger partial charge in [-0.2, -0.15) is 0 Å². The highest BCUT2D eigenvalue weighted by Gasteiger charge is 2.17. The minimum atomic E-state index is 0.906. The SMILES string of the molecule is c1ccc(-c2cc(-c3ccccc3)cc(-c3ccc(N(c4ccc(-c5cccc6c5oc5ccccc56)cc4)c4ccc5c(ccc6ccccc65)c4)cc3)c2)cc1. The molecule has 58 heavy (non-hydrogen) atoms. The molecule has 11 rings (SSSR count). The lowest BCUT2D eigenvalue weighted by Gasteiger charge is -2.26. The summed E-state index contributed by atoms with van der Waals surface area (Å²) in [6.45, 7) is 0. The maximum Gasteiger partial charge on any atom is 0.143 e. The predicted molar refractivity (Wildman–Crippen MR) is 245 cm³/mol. The van der Waals surface area contributed by atoms with Crippen molar-refractivity contribution in [3.05, 3.63) is 224 Å². The van der Waals surface area contributed by atoms with Gasteiger partial charge in [-0.05, 0) is 121 Å². The summed E-state index contributed by atoms with van der Waals surface area (Å²) in [7, 11) is 0. The molecule has 0 amide bonds.